The first kappa shape index (κ1) is 14.3. The highest BCUT2D eigenvalue weighted by atomic mass is 16.5. The average Bonchev–Trinajstić information content (AvgIpc) is 2.36. The van der Waals surface area contributed by atoms with Crippen LogP contribution >= 0.6 is 0 Å². The predicted molar refractivity (Wildman–Crippen MR) is 74.4 cm³/mol. The van der Waals surface area contributed by atoms with E-state index in [4.69, 9.17) is 4.74 Å². The van der Waals surface area contributed by atoms with Crippen LogP contribution < -0.4 is 10.1 Å². The van der Waals surface area contributed by atoms with Gasteiger partial charge in [0.15, 0.2) is 0 Å². The largest absolute Gasteiger partial charge is 0.491 e. The maximum atomic E-state index is 9.89. The van der Waals surface area contributed by atoms with Gasteiger partial charge in [-0.1, -0.05) is 12.1 Å². The van der Waals surface area contributed by atoms with E-state index in [-0.39, 0.29) is 18.8 Å². The van der Waals surface area contributed by atoms with Gasteiger partial charge >= 0.3 is 0 Å². The Kier molecular flexibility index (Phi) is 4.80. The van der Waals surface area contributed by atoms with Crippen LogP contribution in [-0.4, -0.2) is 41.6 Å². The lowest BCUT2D eigenvalue weighted by Gasteiger charge is -2.41. The quantitative estimate of drug-likeness (QED) is 0.694. The average molecular weight is 265 g/mol. The lowest BCUT2D eigenvalue weighted by Crippen LogP contribution is -2.56. The summed E-state index contributed by atoms with van der Waals surface area (Å²) in [6.07, 6.45) is 2.54. The Labute approximate surface area is 114 Å². The number of ether oxygens (including phenoxy) is 1. The van der Waals surface area contributed by atoms with Gasteiger partial charge in [-0.3, -0.25) is 0 Å². The van der Waals surface area contributed by atoms with Crippen LogP contribution in [0.5, 0.6) is 5.75 Å². The van der Waals surface area contributed by atoms with E-state index < -0.39 is 6.10 Å². The third kappa shape index (κ3) is 3.93. The molecular weight excluding hydrogens is 242 g/mol. The molecule has 1 aliphatic carbocycles. The number of aryl methyl sites for hydroxylation is 1. The lowest BCUT2D eigenvalue weighted by atomic mass is 9.77. The smallest absolute Gasteiger partial charge is 0.119 e. The number of rotatable bonds is 7. The second-order valence-corrected chi connectivity index (χ2v) is 5.45. The molecule has 1 aromatic rings. The summed E-state index contributed by atoms with van der Waals surface area (Å²) in [5.74, 6) is 0.777. The maximum absolute atomic E-state index is 9.89. The fourth-order valence-electron chi connectivity index (χ4n) is 2.29. The minimum absolute atomic E-state index is 0.137. The van der Waals surface area contributed by atoms with E-state index in [9.17, 15) is 10.2 Å². The van der Waals surface area contributed by atoms with Gasteiger partial charge in [0.25, 0.3) is 0 Å². The molecule has 1 aliphatic rings. The van der Waals surface area contributed by atoms with Crippen LogP contribution in [0, 0.1) is 6.92 Å². The third-order valence-corrected chi connectivity index (χ3v) is 3.76. The van der Waals surface area contributed by atoms with Crippen molar-refractivity contribution in [3.05, 3.63) is 29.8 Å². The van der Waals surface area contributed by atoms with Gasteiger partial charge in [-0.05, 0) is 43.9 Å². The molecule has 1 saturated carbocycles. The number of aliphatic hydroxyl groups excluding tert-OH is 2. The molecule has 1 aromatic carbocycles. The highest BCUT2D eigenvalue weighted by Gasteiger charge is 2.35. The first-order valence-corrected chi connectivity index (χ1v) is 6.87. The van der Waals surface area contributed by atoms with Gasteiger partial charge in [0.2, 0.25) is 0 Å². The zero-order valence-corrected chi connectivity index (χ0v) is 11.4. The Balaban J connectivity index is 1.71. The first-order chi connectivity index (χ1) is 9.13. The second-order valence-electron chi connectivity index (χ2n) is 5.45. The molecule has 1 fully saturated rings. The molecule has 0 spiro atoms. The van der Waals surface area contributed by atoms with E-state index in [1.165, 1.54) is 0 Å². The zero-order valence-electron chi connectivity index (χ0n) is 11.4. The van der Waals surface area contributed by atoms with Crippen LogP contribution in [0.15, 0.2) is 24.3 Å². The molecule has 0 saturated heterocycles. The van der Waals surface area contributed by atoms with Gasteiger partial charge in [-0.15, -0.1) is 0 Å². The summed E-state index contributed by atoms with van der Waals surface area (Å²) in [5.41, 5.74) is 0.975. The van der Waals surface area contributed by atoms with Crippen molar-refractivity contribution >= 4 is 0 Å². The minimum atomic E-state index is -0.565. The number of aliphatic hydroxyl groups is 2. The van der Waals surface area contributed by atoms with Gasteiger partial charge < -0.3 is 20.3 Å². The van der Waals surface area contributed by atoms with Crippen LogP contribution in [0.2, 0.25) is 0 Å². The Bertz CT molecular complexity index is 399. The Morgan fingerprint density at radius 2 is 2.21 bits per heavy atom. The van der Waals surface area contributed by atoms with Crippen molar-refractivity contribution in [3.8, 4) is 5.75 Å². The van der Waals surface area contributed by atoms with Crippen LogP contribution in [-0.2, 0) is 0 Å². The summed E-state index contributed by atoms with van der Waals surface area (Å²) in [6.45, 7) is 2.86. The van der Waals surface area contributed by atoms with Crippen molar-refractivity contribution in [2.24, 2.45) is 0 Å². The van der Waals surface area contributed by atoms with E-state index in [1.807, 2.05) is 31.2 Å². The monoisotopic (exact) mass is 265 g/mol. The summed E-state index contributed by atoms with van der Waals surface area (Å²) in [5, 5.41) is 22.5. The zero-order chi connectivity index (χ0) is 13.7. The molecule has 4 heteroatoms. The van der Waals surface area contributed by atoms with E-state index in [1.54, 1.807) is 0 Å². The minimum Gasteiger partial charge on any atom is -0.491 e. The third-order valence-electron chi connectivity index (χ3n) is 3.76. The van der Waals surface area contributed by atoms with Crippen molar-refractivity contribution < 1.29 is 14.9 Å². The Morgan fingerprint density at radius 1 is 1.42 bits per heavy atom. The highest BCUT2D eigenvalue weighted by molar-refractivity contribution is 5.27. The van der Waals surface area contributed by atoms with Crippen LogP contribution in [0.4, 0.5) is 0 Å². The standard InChI is InChI=1S/C15H23NO3/c1-12-4-2-5-14(8-12)19-10-13(18)9-16-15(11-17)6-3-7-15/h2,4-5,8,13,16-18H,3,6-7,9-11H2,1H3. The summed E-state index contributed by atoms with van der Waals surface area (Å²) < 4.78 is 5.55. The number of β-amino-alcohol motifs (C(OH)–C–C–N with tert-alkyl or cyclic N) is 1. The van der Waals surface area contributed by atoms with E-state index in [0.717, 1.165) is 30.6 Å². The van der Waals surface area contributed by atoms with E-state index in [0.29, 0.717) is 6.54 Å². The van der Waals surface area contributed by atoms with Crippen LogP contribution in [0.3, 0.4) is 0 Å². The summed E-state index contributed by atoms with van der Waals surface area (Å²) in [7, 11) is 0. The van der Waals surface area contributed by atoms with Gasteiger partial charge in [0, 0.05) is 12.1 Å². The molecule has 3 N–H and O–H groups in total. The number of hydrogen-bond donors (Lipinski definition) is 3. The summed E-state index contributed by atoms with van der Waals surface area (Å²) >= 11 is 0. The first-order valence-electron chi connectivity index (χ1n) is 6.87. The molecule has 106 valence electrons. The topological polar surface area (TPSA) is 61.7 Å². The Hall–Kier alpha value is -1.10. The fourth-order valence-corrected chi connectivity index (χ4v) is 2.29. The molecule has 19 heavy (non-hydrogen) atoms. The van der Waals surface area contributed by atoms with Crippen LogP contribution in [0.1, 0.15) is 24.8 Å². The van der Waals surface area contributed by atoms with Gasteiger partial charge in [-0.25, -0.2) is 0 Å². The SMILES string of the molecule is Cc1cccc(OCC(O)CNC2(CO)CCC2)c1. The maximum Gasteiger partial charge on any atom is 0.119 e. The second kappa shape index (κ2) is 6.37. The van der Waals surface area contributed by atoms with E-state index in [2.05, 4.69) is 5.32 Å². The fraction of sp³-hybridized carbons (Fsp3) is 0.600. The summed E-state index contributed by atoms with van der Waals surface area (Å²) in [4.78, 5) is 0. The van der Waals surface area contributed by atoms with Gasteiger partial charge in [-0.2, -0.15) is 0 Å². The van der Waals surface area contributed by atoms with Crippen molar-refractivity contribution in [1.82, 2.24) is 5.32 Å². The molecule has 0 aromatic heterocycles. The highest BCUT2D eigenvalue weighted by Crippen LogP contribution is 2.30. The molecule has 0 heterocycles. The number of benzene rings is 1. The molecule has 0 amide bonds. The number of hydrogen-bond acceptors (Lipinski definition) is 4. The molecule has 0 bridgehead atoms. The number of nitrogens with one attached hydrogen (secondary N) is 1. The van der Waals surface area contributed by atoms with Crippen LogP contribution in [0.25, 0.3) is 0 Å². The molecule has 4 nitrogen and oxygen atoms in total. The van der Waals surface area contributed by atoms with Crippen molar-refractivity contribution in [3.63, 3.8) is 0 Å². The molecule has 0 radical (unpaired) electrons. The van der Waals surface area contributed by atoms with Crippen molar-refractivity contribution in [2.75, 3.05) is 19.8 Å². The van der Waals surface area contributed by atoms with Crippen molar-refractivity contribution in [2.45, 2.75) is 37.8 Å². The molecular formula is C15H23NO3. The predicted octanol–water partition coefficient (Wildman–Crippen LogP) is 1.24. The van der Waals surface area contributed by atoms with Gasteiger partial charge in [0.05, 0.1) is 6.61 Å². The molecule has 2 rings (SSSR count). The Morgan fingerprint density at radius 3 is 2.79 bits per heavy atom. The van der Waals surface area contributed by atoms with Crippen molar-refractivity contribution in [1.29, 1.82) is 0 Å². The lowest BCUT2D eigenvalue weighted by molar-refractivity contribution is 0.0540. The molecule has 0 aliphatic heterocycles. The van der Waals surface area contributed by atoms with E-state index >= 15 is 0 Å². The molecule has 1 atom stereocenters. The van der Waals surface area contributed by atoms with Gasteiger partial charge in [0.1, 0.15) is 18.5 Å². The normalized spacial score (nSPS) is 18.7. The summed E-state index contributed by atoms with van der Waals surface area (Å²) in [6, 6.07) is 7.77. The molecule has 1 unspecified atom stereocenters.